The van der Waals surface area contributed by atoms with Gasteiger partial charge in [-0.25, -0.2) is 14.2 Å². The smallest absolute Gasteiger partial charge is 0.339 e. The third-order valence-electron chi connectivity index (χ3n) is 9.22. The van der Waals surface area contributed by atoms with Crippen molar-refractivity contribution in [3.63, 3.8) is 0 Å². The van der Waals surface area contributed by atoms with Gasteiger partial charge in [-0.15, -0.1) is 11.6 Å². The first-order valence-corrected chi connectivity index (χ1v) is 16.3. The van der Waals surface area contributed by atoms with Crippen LogP contribution in [0.25, 0.3) is 22.2 Å². The number of fused-ring (bicyclic) bond motifs is 6. The lowest BCUT2D eigenvalue weighted by molar-refractivity contribution is -0.123. The number of hydrogen-bond donors (Lipinski definition) is 0. The van der Waals surface area contributed by atoms with Crippen LogP contribution in [0.4, 0.5) is 10.1 Å². The van der Waals surface area contributed by atoms with Crippen molar-refractivity contribution in [2.24, 2.45) is 23.7 Å². The van der Waals surface area contributed by atoms with Gasteiger partial charge in [-0.2, -0.15) is 0 Å². The highest BCUT2D eigenvalue weighted by Crippen LogP contribution is 2.53. The molecule has 3 aromatic carbocycles. The van der Waals surface area contributed by atoms with Gasteiger partial charge >= 0.3 is 5.97 Å². The molecule has 46 heavy (non-hydrogen) atoms. The van der Waals surface area contributed by atoms with E-state index in [1.165, 1.54) is 29.2 Å². The van der Waals surface area contributed by atoms with E-state index in [1.807, 2.05) is 13.0 Å². The SMILES string of the molecule is Cc1cc(Br)cc2c(C(=O)OC(CCCl)C(=O)c3ccc(F)cc3)cc(-c3ccc(N4C(=O)C5C6C=CC(C6)C5C4=O)cc3)nc12. The zero-order valence-corrected chi connectivity index (χ0v) is 26.9. The summed E-state index contributed by atoms with van der Waals surface area (Å²) < 4.78 is 20.0. The summed E-state index contributed by atoms with van der Waals surface area (Å²) in [5.74, 6) is -2.31. The van der Waals surface area contributed by atoms with Crippen LogP contribution in [0.2, 0.25) is 0 Å². The number of pyridine rings is 1. The Labute approximate surface area is 277 Å². The molecule has 0 N–H and O–H groups in total. The number of carbonyl (C=O) groups is 4. The maximum Gasteiger partial charge on any atom is 0.339 e. The Balaban J connectivity index is 1.21. The number of anilines is 1. The molecule has 3 aliphatic rings. The van der Waals surface area contributed by atoms with Crippen LogP contribution in [0.3, 0.4) is 0 Å². The summed E-state index contributed by atoms with van der Waals surface area (Å²) in [6.45, 7) is 1.87. The number of imide groups is 1. The highest BCUT2D eigenvalue weighted by molar-refractivity contribution is 9.10. The highest BCUT2D eigenvalue weighted by atomic mass is 79.9. The number of esters is 1. The summed E-state index contributed by atoms with van der Waals surface area (Å²) in [4.78, 5) is 59.8. The fourth-order valence-corrected chi connectivity index (χ4v) is 7.82. The van der Waals surface area contributed by atoms with E-state index in [0.717, 1.165) is 16.5 Å². The molecule has 1 saturated carbocycles. The van der Waals surface area contributed by atoms with Crippen molar-refractivity contribution in [2.45, 2.75) is 25.9 Å². The Morgan fingerprint density at radius 3 is 2.28 bits per heavy atom. The van der Waals surface area contributed by atoms with Gasteiger partial charge in [0, 0.05) is 33.3 Å². The third-order valence-corrected chi connectivity index (χ3v) is 9.90. The lowest BCUT2D eigenvalue weighted by Crippen LogP contribution is -2.32. The topological polar surface area (TPSA) is 93.6 Å². The molecular formula is C36H27BrClFN2O5. The van der Waals surface area contributed by atoms with E-state index in [9.17, 15) is 23.6 Å². The Hall–Kier alpha value is -4.21. The molecule has 232 valence electrons. The van der Waals surface area contributed by atoms with Gasteiger partial charge in [-0.3, -0.25) is 19.3 Å². The average Bonchev–Trinajstić information content (AvgIpc) is 3.74. The van der Waals surface area contributed by atoms with E-state index in [-0.39, 0.29) is 58.9 Å². The Bertz CT molecular complexity index is 1930. The van der Waals surface area contributed by atoms with Crippen molar-refractivity contribution in [1.82, 2.24) is 4.98 Å². The fourth-order valence-electron chi connectivity index (χ4n) is 7.05. The van der Waals surface area contributed by atoms with Crippen LogP contribution in [0.1, 0.15) is 39.1 Å². The number of benzene rings is 3. The standard InChI is InChI=1S/C36H27BrClFN2O5/c1-18-14-23(37)16-26-27(36(45)46-29(12-13-38)33(42)20-4-8-24(39)9-5-20)17-28(40-32(18)26)19-6-10-25(11-7-19)41-34(43)30-21-2-3-22(15-21)31(30)35(41)44/h2-11,14,16-17,21-22,29-31H,12-13,15H2,1H3. The number of aryl methyl sites for hydroxylation is 1. The van der Waals surface area contributed by atoms with Crippen molar-refractivity contribution in [1.29, 1.82) is 0 Å². The Kier molecular flexibility index (Phi) is 7.85. The monoisotopic (exact) mass is 700 g/mol. The molecule has 1 aliphatic heterocycles. The minimum Gasteiger partial charge on any atom is -0.450 e. The summed E-state index contributed by atoms with van der Waals surface area (Å²) in [6.07, 6.45) is 3.87. The zero-order valence-electron chi connectivity index (χ0n) is 24.6. The first-order chi connectivity index (χ1) is 22.1. The number of ether oxygens (including phenoxy) is 1. The normalized spacial score (nSPS) is 22.0. The van der Waals surface area contributed by atoms with Crippen molar-refractivity contribution in [3.05, 3.63) is 106 Å². The largest absolute Gasteiger partial charge is 0.450 e. The van der Waals surface area contributed by atoms with Crippen molar-refractivity contribution >= 4 is 67.7 Å². The number of aromatic nitrogens is 1. The van der Waals surface area contributed by atoms with Gasteiger partial charge < -0.3 is 4.74 Å². The van der Waals surface area contributed by atoms with E-state index in [4.69, 9.17) is 21.3 Å². The van der Waals surface area contributed by atoms with E-state index in [1.54, 1.807) is 36.4 Å². The predicted octanol–water partition coefficient (Wildman–Crippen LogP) is 7.46. The quantitative estimate of drug-likeness (QED) is 0.0623. The minimum absolute atomic E-state index is 0.0611. The Morgan fingerprint density at radius 2 is 1.65 bits per heavy atom. The second kappa shape index (κ2) is 11.9. The molecule has 10 heteroatoms. The van der Waals surface area contributed by atoms with Crippen LogP contribution in [0, 0.1) is 36.4 Å². The number of carbonyl (C=O) groups excluding carboxylic acids is 4. The number of halogens is 3. The molecule has 2 aliphatic carbocycles. The van der Waals surface area contributed by atoms with Crippen LogP contribution in [-0.4, -0.2) is 40.5 Å². The van der Waals surface area contributed by atoms with Gasteiger partial charge in [0.05, 0.1) is 34.3 Å². The predicted molar refractivity (Wildman–Crippen MR) is 175 cm³/mol. The lowest BCUT2D eigenvalue weighted by atomic mass is 9.85. The highest BCUT2D eigenvalue weighted by Gasteiger charge is 2.59. The molecule has 2 amide bonds. The first-order valence-electron chi connectivity index (χ1n) is 15.0. The zero-order chi connectivity index (χ0) is 32.3. The number of alkyl halides is 1. The lowest BCUT2D eigenvalue weighted by Gasteiger charge is -2.19. The van der Waals surface area contributed by atoms with Crippen LogP contribution < -0.4 is 4.90 Å². The maximum atomic E-state index is 13.8. The van der Waals surface area contributed by atoms with Gasteiger partial charge in [0.2, 0.25) is 17.6 Å². The number of hydrogen-bond acceptors (Lipinski definition) is 6. The molecule has 1 aromatic heterocycles. The van der Waals surface area contributed by atoms with Crippen LogP contribution in [0.5, 0.6) is 0 Å². The molecule has 2 fully saturated rings. The summed E-state index contributed by atoms with van der Waals surface area (Å²) in [6, 6.07) is 17.2. The van der Waals surface area contributed by atoms with E-state index >= 15 is 0 Å². The van der Waals surface area contributed by atoms with E-state index < -0.39 is 23.7 Å². The molecular weight excluding hydrogens is 675 g/mol. The molecule has 7 rings (SSSR count). The fraction of sp³-hybridized carbons (Fsp3) is 0.250. The maximum absolute atomic E-state index is 13.8. The molecule has 4 aromatic rings. The third kappa shape index (κ3) is 5.15. The second-order valence-electron chi connectivity index (χ2n) is 12.0. The molecule has 1 saturated heterocycles. The number of amides is 2. The van der Waals surface area contributed by atoms with Crippen LogP contribution in [0.15, 0.2) is 83.4 Å². The first kappa shape index (κ1) is 30.4. The molecule has 2 bridgehead atoms. The number of allylic oxidation sites excluding steroid dienone is 2. The minimum atomic E-state index is -1.19. The van der Waals surface area contributed by atoms with Gasteiger partial charge in [0.25, 0.3) is 0 Å². The second-order valence-corrected chi connectivity index (χ2v) is 13.3. The van der Waals surface area contributed by atoms with Gasteiger partial charge in [-0.1, -0.05) is 40.2 Å². The van der Waals surface area contributed by atoms with Gasteiger partial charge in [0.1, 0.15) is 5.82 Å². The molecule has 7 nitrogen and oxygen atoms in total. The molecule has 2 heterocycles. The summed E-state index contributed by atoms with van der Waals surface area (Å²) in [5, 5.41) is 0.527. The average molecular weight is 702 g/mol. The summed E-state index contributed by atoms with van der Waals surface area (Å²) >= 11 is 9.48. The number of Topliss-reactive ketones (excluding diaryl/α,β-unsaturated/α-hetero) is 1. The van der Waals surface area contributed by atoms with Crippen molar-refractivity contribution in [3.8, 4) is 11.3 Å². The van der Waals surface area contributed by atoms with Crippen LogP contribution in [-0.2, 0) is 14.3 Å². The molecule has 5 atom stereocenters. The molecule has 0 spiro atoms. The number of ketones is 1. The van der Waals surface area contributed by atoms with Crippen LogP contribution >= 0.6 is 27.5 Å². The van der Waals surface area contributed by atoms with Crippen molar-refractivity contribution < 1.29 is 28.3 Å². The summed E-state index contributed by atoms with van der Waals surface area (Å²) in [5.41, 5.74) is 3.38. The number of rotatable bonds is 8. The summed E-state index contributed by atoms with van der Waals surface area (Å²) in [7, 11) is 0. The van der Waals surface area contributed by atoms with Crippen molar-refractivity contribution in [2.75, 3.05) is 10.8 Å². The molecule has 0 radical (unpaired) electrons. The Morgan fingerprint density at radius 1 is 1.00 bits per heavy atom. The number of nitrogens with zero attached hydrogens (tertiary/aromatic N) is 2. The van der Waals surface area contributed by atoms with Gasteiger partial charge in [-0.05, 0) is 85.3 Å². The van der Waals surface area contributed by atoms with Gasteiger partial charge in [0.15, 0.2) is 6.10 Å². The van der Waals surface area contributed by atoms with E-state index in [0.29, 0.717) is 27.8 Å². The molecule has 5 unspecified atom stereocenters. The van der Waals surface area contributed by atoms with E-state index in [2.05, 4.69) is 28.1 Å².